The molecule has 21 heavy (non-hydrogen) atoms. The molecule has 2 atom stereocenters. The van der Waals surface area contributed by atoms with Gasteiger partial charge in [-0.1, -0.05) is 0 Å². The quantitative estimate of drug-likeness (QED) is 0.566. The van der Waals surface area contributed by atoms with Crippen LogP contribution in [-0.4, -0.2) is 62.6 Å². The molecule has 0 aliphatic heterocycles. The van der Waals surface area contributed by atoms with Crippen molar-refractivity contribution in [1.29, 1.82) is 0 Å². The Morgan fingerprint density at radius 2 is 1.76 bits per heavy atom. The average molecular weight is 301 g/mol. The molecule has 122 valence electrons. The Morgan fingerprint density at radius 3 is 2.29 bits per heavy atom. The molecule has 0 aliphatic carbocycles. The predicted molar refractivity (Wildman–Crippen MR) is 79.1 cm³/mol. The standard InChI is InChI=1S/C14H27N3O4/c1-12(15)14(13-10-16-17(2)11-13)21-9-8-20-7-6-19-5-4-18-3/h10-12,14H,4-9,15H2,1-3H3. The van der Waals surface area contributed by atoms with Crippen LogP contribution >= 0.6 is 0 Å². The Hall–Kier alpha value is -0.990. The lowest BCUT2D eigenvalue weighted by Gasteiger charge is -2.20. The number of nitrogens with two attached hydrogens (primary N) is 1. The van der Waals surface area contributed by atoms with E-state index in [0.717, 1.165) is 5.56 Å². The maximum absolute atomic E-state index is 5.95. The highest BCUT2D eigenvalue weighted by atomic mass is 16.6. The molecule has 0 aromatic carbocycles. The van der Waals surface area contributed by atoms with E-state index >= 15 is 0 Å². The molecular formula is C14H27N3O4. The first kappa shape index (κ1) is 18.1. The van der Waals surface area contributed by atoms with E-state index in [1.54, 1.807) is 18.0 Å². The van der Waals surface area contributed by atoms with Gasteiger partial charge in [0, 0.05) is 32.0 Å². The fraction of sp³-hybridized carbons (Fsp3) is 0.786. The second-order valence-corrected chi connectivity index (χ2v) is 4.82. The maximum atomic E-state index is 5.95. The number of aryl methyl sites for hydroxylation is 1. The van der Waals surface area contributed by atoms with Crippen molar-refractivity contribution >= 4 is 0 Å². The summed E-state index contributed by atoms with van der Waals surface area (Å²) < 4.78 is 23.1. The van der Waals surface area contributed by atoms with E-state index in [-0.39, 0.29) is 12.1 Å². The molecule has 0 radical (unpaired) electrons. The number of methoxy groups -OCH3 is 1. The van der Waals surface area contributed by atoms with Crippen molar-refractivity contribution in [3.63, 3.8) is 0 Å². The van der Waals surface area contributed by atoms with Crippen molar-refractivity contribution in [2.45, 2.75) is 19.1 Å². The van der Waals surface area contributed by atoms with Crippen molar-refractivity contribution in [3.05, 3.63) is 18.0 Å². The second kappa shape index (κ2) is 10.7. The van der Waals surface area contributed by atoms with Gasteiger partial charge in [-0.3, -0.25) is 4.68 Å². The fourth-order valence-corrected chi connectivity index (χ4v) is 1.84. The molecule has 1 heterocycles. The van der Waals surface area contributed by atoms with E-state index in [4.69, 9.17) is 24.7 Å². The first-order chi connectivity index (χ1) is 10.1. The van der Waals surface area contributed by atoms with Crippen LogP contribution in [-0.2, 0) is 26.0 Å². The summed E-state index contributed by atoms with van der Waals surface area (Å²) in [5, 5.41) is 4.14. The minimum Gasteiger partial charge on any atom is -0.382 e. The van der Waals surface area contributed by atoms with Gasteiger partial charge in [0.15, 0.2) is 0 Å². The third-order valence-corrected chi connectivity index (χ3v) is 2.86. The highest BCUT2D eigenvalue weighted by molar-refractivity contribution is 5.10. The molecule has 0 aliphatic rings. The molecule has 0 spiro atoms. The van der Waals surface area contributed by atoms with Crippen LogP contribution < -0.4 is 5.73 Å². The molecule has 0 saturated heterocycles. The summed E-state index contributed by atoms with van der Waals surface area (Å²) in [4.78, 5) is 0. The van der Waals surface area contributed by atoms with Crippen LogP contribution in [0.2, 0.25) is 0 Å². The summed E-state index contributed by atoms with van der Waals surface area (Å²) >= 11 is 0. The van der Waals surface area contributed by atoms with Gasteiger partial charge in [-0.2, -0.15) is 5.10 Å². The molecule has 1 aromatic heterocycles. The highest BCUT2D eigenvalue weighted by Gasteiger charge is 2.18. The molecule has 2 N–H and O–H groups in total. The summed E-state index contributed by atoms with van der Waals surface area (Å²) in [5.74, 6) is 0. The Labute approximate surface area is 126 Å². The molecule has 0 amide bonds. The van der Waals surface area contributed by atoms with Gasteiger partial charge < -0.3 is 24.7 Å². The van der Waals surface area contributed by atoms with Crippen LogP contribution in [0, 0.1) is 0 Å². The van der Waals surface area contributed by atoms with E-state index in [1.165, 1.54) is 0 Å². The molecule has 0 bridgehead atoms. The Morgan fingerprint density at radius 1 is 1.14 bits per heavy atom. The highest BCUT2D eigenvalue weighted by Crippen LogP contribution is 2.19. The predicted octanol–water partition coefficient (Wildman–Crippen LogP) is 0.505. The Balaban J connectivity index is 2.12. The van der Waals surface area contributed by atoms with Crippen molar-refractivity contribution in [2.24, 2.45) is 12.8 Å². The minimum absolute atomic E-state index is 0.105. The summed E-state index contributed by atoms with van der Waals surface area (Å²) in [6, 6.07) is -0.105. The number of ether oxygens (including phenoxy) is 4. The van der Waals surface area contributed by atoms with Gasteiger partial charge in [-0.25, -0.2) is 0 Å². The first-order valence-electron chi connectivity index (χ1n) is 7.15. The number of rotatable bonds is 12. The van der Waals surface area contributed by atoms with Gasteiger partial charge in [0.05, 0.1) is 45.8 Å². The zero-order valence-corrected chi connectivity index (χ0v) is 13.2. The van der Waals surface area contributed by atoms with E-state index in [2.05, 4.69) is 5.10 Å². The first-order valence-corrected chi connectivity index (χ1v) is 7.15. The third-order valence-electron chi connectivity index (χ3n) is 2.86. The molecule has 1 rings (SSSR count). The van der Waals surface area contributed by atoms with Crippen LogP contribution in [0.5, 0.6) is 0 Å². The van der Waals surface area contributed by atoms with Crippen LogP contribution in [0.4, 0.5) is 0 Å². The summed E-state index contributed by atoms with van der Waals surface area (Å²) in [6.45, 7) is 5.21. The van der Waals surface area contributed by atoms with Crippen molar-refractivity contribution in [2.75, 3.05) is 46.8 Å². The average Bonchev–Trinajstić information content (AvgIpc) is 2.87. The number of hydrogen-bond donors (Lipinski definition) is 1. The zero-order valence-electron chi connectivity index (χ0n) is 13.2. The third kappa shape index (κ3) is 7.54. The fourth-order valence-electron chi connectivity index (χ4n) is 1.84. The molecule has 7 heteroatoms. The summed E-state index contributed by atoms with van der Waals surface area (Å²) in [6.07, 6.45) is 3.53. The molecule has 0 fully saturated rings. The van der Waals surface area contributed by atoms with Crippen molar-refractivity contribution in [3.8, 4) is 0 Å². The lowest BCUT2D eigenvalue weighted by Crippen LogP contribution is -2.28. The molecular weight excluding hydrogens is 274 g/mol. The zero-order chi connectivity index (χ0) is 15.5. The van der Waals surface area contributed by atoms with Crippen molar-refractivity contribution < 1.29 is 18.9 Å². The smallest absolute Gasteiger partial charge is 0.100 e. The number of aromatic nitrogens is 2. The van der Waals surface area contributed by atoms with E-state index in [0.29, 0.717) is 39.6 Å². The van der Waals surface area contributed by atoms with Gasteiger partial charge in [0.1, 0.15) is 6.10 Å². The molecule has 7 nitrogen and oxygen atoms in total. The lowest BCUT2D eigenvalue weighted by atomic mass is 10.1. The van der Waals surface area contributed by atoms with Gasteiger partial charge in [0.2, 0.25) is 0 Å². The Bertz CT molecular complexity index is 371. The summed E-state index contributed by atoms with van der Waals surface area (Å²) in [5.41, 5.74) is 6.93. The van der Waals surface area contributed by atoms with Crippen LogP contribution in [0.3, 0.4) is 0 Å². The van der Waals surface area contributed by atoms with Crippen LogP contribution in [0.25, 0.3) is 0 Å². The Kier molecular flexibility index (Phi) is 9.20. The molecule has 2 unspecified atom stereocenters. The SMILES string of the molecule is COCCOCCOCCOC(c1cnn(C)c1)C(C)N. The normalized spacial score (nSPS) is 14.3. The van der Waals surface area contributed by atoms with E-state index in [1.807, 2.05) is 20.2 Å². The van der Waals surface area contributed by atoms with Crippen LogP contribution in [0.15, 0.2) is 12.4 Å². The topological polar surface area (TPSA) is 80.8 Å². The van der Waals surface area contributed by atoms with E-state index in [9.17, 15) is 0 Å². The number of nitrogens with zero attached hydrogens (tertiary/aromatic N) is 2. The molecule has 0 saturated carbocycles. The molecule has 1 aromatic rings. The van der Waals surface area contributed by atoms with E-state index < -0.39 is 0 Å². The second-order valence-electron chi connectivity index (χ2n) is 4.82. The van der Waals surface area contributed by atoms with Gasteiger partial charge >= 0.3 is 0 Å². The summed E-state index contributed by atoms with van der Waals surface area (Å²) in [7, 11) is 3.52. The minimum atomic E-state index is -0.166. The lowest BCUT2D eigenvalue weighted by molar-refractivity contribution is -0.0221. The monoisotopic (exact) mass is 301 g/mol. The van der Waals surface area contributed by atoms with Crippen LogP contribution in [0.1, 0.15) is 18.6 Å². The maximum Gasteiger partial charge on any atom is 0.100 e. The number of hydrogen-bond acceptors (Lipinski definition) is 6. The van der Waals surface area contributed by atoms with Gasteiger partial charge in [-0.15, -0.1) is 0 Å². The van der Waals surface area contributed by atoms with Crippen molar-refractivity contribution in [1.82, 2.24) is 9.78 Å². The largest absolute Gasteiger partial charge is 0.382 e. The van der Waals surface area contributed by atoms with Gasteiger partial charge in [0.25, 0.3) is 0 Å². The van der Waals surface area contributed by atoms with Gasteiger partial charge in [-0.05, 0) is 6.92 Å².